The number of nitrogens with one attached hydrogen (secondary N) is 1. The van der Waals surface area contributed by atoms with E-state index in [0.717, 1.165) is 28.8 Å². The van der Waals surface area contributed by atoms with Gasteiger partial charge in [0.15, 0.2) is 0 Å². The summed E-state index contributed by atoms with van der Waals surface area (Å²) in [4.78, 5) is 1.07. The van der Waals surface area contributed by atoms with Gasteiger partial charge in [-0.1, -0.05) is 31.2 Å². The van der Waals surface area contributed by atoms with Gasteiger partial charge >= 0.3 is 0 Å². The molecule has 0 aliphatic heterocycles. The van der Waals surface area contributed by atoms with Crippen LogP contribution in [-0.2, 0) is 29.4 Å². The minimum atomic E-state index is -3.42. The lowest BCUT2D eigenvalue weighted by molar-refractivity contribution is 0.583. The van der Waals surface area contributed by atoms with Gasteiger partial charge in [-0.05, 0) is 42.6 Å². The van der Waals surface area contributed by atoms with Crippen molar-refractivity contribution >= 4 is 21.4 Å². The fourth-order valence-electron chi connectivity index (χ4n) is 1.93. The molecule has 0 spiro atoms. The molecule has 0 unspecified atom stereocenters. The Kier molecular flexibility index (Phi) is 5.52. The van der Waals surface area contributed by atoms with E-state index in [2.05, 4.69) is 4.72 Å². The van der Waals surface area contributed by atoms with Crippen molar-refractivity contribution in [2.45, 2.75) is 30.5 Å². The van der Waals surface area contributed by atoms with E-state index in [1.54, 1.807) is 6.07 Å². The molecule has 0 bridgehead atoms. The molecule has 4 nitrogen and oxygen atoms in total. The van der Waals surface area contributed by atoms with E-state index >= 15 is 0 Å². The first-order valence-electron chi connectivity index (χ1n) is 6.91. The van der Waals surface area contributed by atoms with E-state index < -0.39 is 10.0 Å². The fourth-order valence-corrected chi connectivity index (χ4v) is 4.29. The third-order valence-electron chi connectivity index (χ3n) is 3.17. The topological polar surface area (TPSA) is 72.2 Å². The van der Waals surface area contributed by atoms with Gasteiger partial charge in [0.1, 0.15) is 4.21 Å². The lowest BCUT2D eigenvalue weighted by Gasteiger charge is -2.06. The molecule has 21 heavy (non-hydrogen) atoms. The van der Waals surface area contributed by atoms with Crippen molar-refractivity contribution in [3.8, 4) is 0 Å². The highest BCUT2D eigenvalue weighted by Crippen LogP contribution is 2.21. The zero-order valence-electron chi connectivity index (χ0n) is 12.0. The minimum Gasteiger partial charge on any atom is -0.330 e. The number of benzene rings is 1. The van der Waals surface area contributed by atoms with Crippen LogP contribution < -0.4 is 10.5 Å². The van der Waals surface area contributed by atoms with E-state index in [-0.39, 0.29) is 0 Å². The van der Waals surface area contributed by atoms with Crippen LogP contribution in [0.1, 0.15) is 22.9 Å². The SMILES string of the molecule is CCc1ccc(S(=O)(=O)NCc2ccc(CCN)cc2)s1. The average molecular weight is 324 g/mol. The second-order valence-electron chi connectivity index (χ2n) is 4.75. The lowest BCUT2D eigenvalue weighted by atomic mass is 10.1. The third-order valence-corrected chi connectivity index (χ3v) is 6.30. The summed E-state index contributed by atoms with van der Waals surface area (Å²) in [6.07, 6.45) is 1.68. The summed E-state index contributed by atoms with van der Waals surface area (Å²) in [7, 11) is -3.42. The molecule has 0 amide bonds. The zero-order chi connectivity index (χ0) is 15.3. The van der Waals surface area contributed by atoms with Crippen LogP contribution in [0.15, 0.2) is 40.6 Å². The molecule has 0 fully saturated rings. The molecule has 0 saturated heterocycles. The summed E-state index contributed by atoms with van der Waals surface area (Å²) in [6, 6.07) is 11.4. The van der Waals surface area contributed by atoms with Crippen LogP contribution in [0, 0.1) is 0 Å². The summed E-state index contributed by atoms with van der Waals surface area (Å²) in [5, 5.41) is 0. The van der Waals surface area contributed by atoms with Gasteiger partial charge in [-0.25, -0.2) is 13.1 Å². The Morgan fingerprint density at radius 1 is 1.10 bits per heavy atom. The van der Waals surface area contributed by atoms with Crippen molar-refractivity contribution in [3.05, 3.63) is 52.4 Å². The third kappa shape index (κ3) is 4.38. The van der Waals surface area contributed by atoms with E-state index in [1.165, 1.54) is 11.3 Å². The van der Waals surface area contributed by atoms with Gasteiger partial charge in [0.2, 0.25) is 10.0 Å². The minimum absolute atomic E-state index is 0.296. The molecule has 1 aromatic heterocycles. The molecule has 0 saturated carbocycles. The first kappa shape index (κ1) is 16.2. The normalized spacial score (nSPS) is 11.7. The monoisotopic (exact) mass is 324 g/mol. The molecule has 1 heterocycles. The largest absolute Gasteiger partial charge is 0.330 e. The second kappa shape index (κ2) is 7.17. The standard InChI is InChI=1S/C15H20N2O2S2/c1-2-14-7-8-15(20-14)21(18,19)17-11-13-5-3-12(4-6-13)9-10-16/h3-8,17H,2,9-11,16H2,1H3. The molecule has 2 aromatic rings. The molecule has 114 valence electrons. The number of rotatable bonds is 7. The molecular formula is C15H20N2O2S2. The molecular weight excluding hydrogens is 304 g/mol. The highest BCUT2D eigenvalue weighted by molar-refractivity contribution is 7.91. The van der Waals surface area contributed by atoms with Gasteiger partial charge < -0.3 is 5.73 Å². The van der Waals surface area contributed by atoms with Gasteiger partial charge in [-0.2, -0.15) is 0 Å². The number of aryl methyl sites for hydroxylation is 1. The quantitative estimate of drug-likeness (QED) is 0.821. The predicted molar refractivity (Wildman–Crippen MR) is 86.9 cm³/mol. The van der Waals surface area contributed by atoms with Crippen molar-refractivity contribution in [1.82, 2.24) is 4.72 Å². The van der Waals surface area contributed by atoms with Crippen molar-refractivity contribution in [2.75, 3.05) is 6.54 Å². The number of sulfonamides is 1. The van der Waals surface area contributed by atoms with Gasteiger partial charge in [-0.15, -0.1) is 11.3 Å². The van der Waals surface area contributed by atoms with E-state index in [1.807, 2.05) is 37.3 Å². The molecule has 1 aromatic carbocycles. The van der Waals surface area contributed by atoms with E-state index in [9.17, 15) is 8.42 Å². The summed E-state index contributed by atoms with van der Waals surface area (Å²) in [6.45, 7) is 2.92. The first-order valence-corrected chi connectivity index (χ1v) is 9.21. The van der Waals surface area contributed by atoms with Gasteiger partial charge in [0.25, 0.3) is 0 Å². The average Bonchev–Trinajstić information content (AvgIpc) is 2.97. The Balaban J connectivity index is 2.01. The van der Waals surface area contributed by atoms with Crippen molar-refractivity contribution in [2.24, 2.45) is 5.73 Å². The van der Waals surface area contributed by atoms with Gasteiger partial charge in [0.05, 0.1) is 0 Å². The van der Waals surface area contributed by atoms with Crippen LogP contribution in [0.25, 0.3) is 0 Å². The number of nitrogens with two attached hydrogens (primary N) is 1. The Bertz CT molecular complexity index is 676. The van der Waals surface area contributed by atoms with Crippen LogP contribution in [-0.4, -0.2) is 15.0 Å². The molecule has 6 heteroatoms. The Labute approximate surface area is 130 Å². The van der Waals surface area contributed by atoms with Crippen LogP contribution in [0.5, 0.6) is 0 Å². The Hall–Kier alpha value is -1.21. The number of thiophene rings is 1. The van der Waals surface area contributed by atoms with Crippen LogP contribution in [0.3, 0.4) is 0 Å². The van der Waals surface area contributed by atoms with Crippen LogP contribution in [0.4, 0.5) is 0 Å². The maximum absolute atomic E-state index is 12.2. The summed E-state index contributed by atoms with van der Waals surface area (Å²) in [5.74, 6) is 0. The van der Waals surface area contributed by atoms with E-state index in [0.29, 0.717) is 17.3 Å². The number of hydrogen-bond donors (Lipinski definition) is 2. The molecule has 0 aliphatic carbocycles. The molecule has 3 N–H and O–H groups in total. The van der Waals surface area contributed by atoms with Gasteiger partial charge in [0, 0.05) is 11.4 Å². The Morgan fingerprint density at radius 3 is 2.33 bits per heavy atom. The summed E-state index contributed by atoms with van der Waals surface area (Å²) in [5.41, 5.74) is 7.60. The van der Waals surface area contributed by atoms with Crippen molar-refractivity contribution in [1.29, 1.82) is 0 Å². The zero-order valence-corrected chi connectivity index (χ0v) is 13.6. The molecule has 0 radical (unpaired) electrons. The summed E-state index contributed by atoms with van der Waals surface area (Å²) >= 11 is 1.32. The van der Waals surface area contributed by atoms with Crippen LogP contribution >= 0.6 is 11.3 Å². The fraction of sp³-hybridized carbons (Fsp3) is 0.333. The van der Waals surface area contributed by atoms with Gasteiger partial charge in [-0.3, -0.25) is 0 Å². The highest BCUT2D eigenvalue weighted by Gasteiger charge is 2.16. The maximum Gasteiger partial charge on any atom is 0.250 e. The maximum atomic E-state index is 12.2. The molecule has 2 rings (SSSR count). The van der Waals surface area contributed by atoms with Crippen LogP contribution in [0.2, 0.25) is 0 Å². The summed E-state index contributed by atoms with van der Waals surface area (Å²) < 4.78 is 27.4. The van der Waals surface area contributed by atoms with Crippen molar-refractivity contribution < 1.29 is 8.42 Å². The number of hydrogen-bond acceptors (Lipinski definition) is 4. The molecule has 0 aliphatic rings. The predicted octanol–water partition coefficient (Wildman–Crippen LogP) is 2.29. The lowest BCUT2D eigenvalue weighted by Crippen LogP contribution is -2.22. The first-order chi connectivity index (χ1) is 10.0. The molecule has 0 atom stereocenters. The smallest absolute Gasteiger partial charge is 0.250 e. The highest BCUT2D eigenvalue weighted by atomic mass is 32.2. The van der Waals surface area contributed by atoms with E-state index in [4.69, 9.17) is 5.73 Å². The second-order valence-corrected chi connectivity index (χ2v) is 7.92. The Morgan fingerprint density at radius 2 is 1.76 bits per heavy atom. The van der Waals surface area contributed by atoms with Crippen molar-refractivity contribution in [3.63, 3.8) is 0 Å².